The molecule has 0 saturated carbocycles. The highest BCUT2D eigenvalue weighted by molar-refractivity contribution is 5.67. The summed E-state index contributed by atoms with van der Waals surface area (Å²) in [6.07, 6.45) is 25.7. The Balaban J connectivity index is 0. The average Bonchev–Trinajstić information content (AvgIpc) is 2.84. The molecule has 0 saturated heterocycles. The lowest BCUT2D eigenvalue weighted by Gasteiger charge is -2.03. The van der Waals surface area contributed by atoms with E-state index in [2.05, 4.69) is 0 Å². The fourth-order valence-corrected chi connectivity index (χ4v) is 4.29. The van der Waals surface area contributed by atoms with Gasteiger partial charge >= 0.3 is 23.9 Å². The zero-order valence-electron chi connectivity index (χ0n) is 23.8. The molecule has 0 rings (SSSR count). The lowest BCUT2D eigenvalue weighted by molar-refractivity contribution is -0.138. The van der Waals surface area contributed by atoms with Gasteiger partial charge in [-0.1, -0.05) is 116 Å². The van der Waals surface area contributed by atoms with Crippen molar-refractivity contribution in [1.82, 2.24) is 0 Å². The summed E-state index contributed by atoms with van der Waals surface area (Å²) in [6, 6.07) is 0. The second kappa shape index (κ2) is 31.1. The summed E-state index contributed by atoms with van der Waals surface area (Å²) < 4.78 is 0. The van der Waals surface area contributed by atoms with Crippen LogP contribution < -0.4 is 0 Å². The van der Waals surface area contributed by atoms with E-state index >= 15 is 0 Å². The normalized spacial score (nSPS) is 10.5. The van der Waals surface area contributed by atoms with Crippen molar-refractivity contribution in [3.8, 4) is 0 Å². The zero-order chi connectivity index (χ0) is 28.7. The molecule has 0 unspecified atom stereocenters. The van der Waals surface area contributed by atoms with E-state index in [0.717, 1.165) is 64.2 Å². The predicted molar refractivity (Wildman–Crippen MR) is 151 cm³/mol. The topological polar surface area (TPSA) is 149 Å². The molecule has 224 valence electrons. The second-order valence-corrected chi connectivity index (χ2v) is 10.4. The molecule has 8 heteroatoms. The third kappa shape index (κ3) is 41.0. The Morgan fingerprint density at radius 2 is 0.342 bits per heavy atom. The lowest BCUT2D eigenvalue weighted by Crippen LogP contribution is -1.94. The molecule has 0 radical (unpaired) electrons. The summed E-state index contributed by atoms with van der Waals surface area (Å²) in [6.45, 7) is 0. The van der Waals surface area contributed by atoms with Gasteiger partial charge in [0.1, 0.15) is 0 Å². The number of hydrogen-bond donors (Lipinski definition) is 4. The Labute approximate surface area is 230 Å². The number of carbonyl (C=O) groups is 4. The summed E-state index contributed by atoms with van der Waals surface area (Å²) in [4.78, 5) is 41.0. The maximum Gasteiger partial charge on any atom is 0.303 e. The Kier molecular flexibility index (Phi) is 31.1. The van der Waals surface area contributed by atoms with Crippen LogP contribution in [0.5, 0.6) is 0 Å². The Hall–Kier alpha value is -2.12. The van der Waals surface area contributed by atoms with Gasteiger partial charge in [-0.3, -0.25) is 19.2 Å². The first-order valence-electron chi connectivity index (χ1n) is 15.1. The van der Waals surface area contributed by atoms with E-state index in [1.54, 1.807) is 0 Å². The molecule has 0 heterocycles. The van der Waals surface area contributed by atoms with E-state index in [0.29, 0.717) is 12.8 Å². The van der Waals surface area contributed by atoms with Crippen LogP contribution in [0, 0.1) is 0 Å². The van der Waals surface area contributed by atoms with Crippen LogP contribution in [-0.2, 0) is 19.2 Å². The maximum atomic E-state index is 10.4. The highest BCUT2D eigenvalue weighted by atomic mass is 16.4. The third-order valence-electron chi connectivity index (χ3n) is 6.56. The van der Waals surface area contributed by atoms with Crippen LogP contribution in [0.1, 0.15) is 167 Å². The molecule has 0 aromatic heterocycles. The smallest absolute Gasteiger partial charge is 0.303 e. The molecule has 0 aliphatic rings. The number of aliphatic carboxylic acids is 4. The SMILES string of the molecule is O=C(O)CCCCCCCCC(=O)O.O=C(O)CCCCCCCCCCCCCCCCCCC(=O)O. The van der Waals surface area contributed by atoms with Crippen molar-refractivity contribution in [3.05, 3.63) is 0 Å². The first-order chi connectivity index (χ1) is 18.3. The van der Waals surface area contributed by atoms with Crippen LogP contribution >= 0.6 is 0 Å². The van der Waals surface area contributed by atoms with E-state index < -0.39 is 23.9 Å². The Bertz CT molecular complexity index is 527. The van der Waals surface area contributed by atoms with Crippen LogP contribution in [0.3, 0.4) is 0 Å². The number of rotatable bonds is 28. The summed E-state index contributed by atoms with van der Waals surface area (Å²) in [5.41, 5.74) is 0. The number of carboxylic acid groups (broad SMARTS) is 4. The molecular weight excluding hydrogens is 488 g/mol. The van der Waals surface area contributed by atoms with Crippen molar-refractivity contribution in [2.24, 2.45) is 0 Å². The van der Waals surface area contributed by atoms with Crippen LogP contribution in [0.25, 0.3) is 0 Å². The van der Waals surface area contributed by atoms with Gasteiger partial charge in [0, 0.05) is 25.7 Å². The van der Waals surface area contributed by atoms with E-state index in [-0.39, 0.29) is 12.8 Å². The van der Waals surface area contributed by atoms with Crippen LogP contribution in [-0.4, -0.2) is 44.3 Å². The molecule has 8 nitrogen and oxygen atoms in total. The first-order valence-corrected chi connectivity index (χ1v) is 15.1. The largest absolute Gasteiger partial charge is 0.481 e. The van der Waals surface area contributed by atoms with Gasteiger partial charge in [-0.05, 0) is 25.7 Å². The minimum absolute atomic E-state index is 0.245. The van der Waals surface area contributed by atoms with Gasteiger partial charge in [0.05, 0.1) is 0 Å². The molecule has 0 aliphatic heterocycles. The van der Waals surface area contributed by atoms with Crippen molar-refractivity contribution in [2.45, 2.75) is 167 Å². The third-order valence-corrected chi connectivity index (χ3v) is 6.56. The molecule has 0 bridgehead atoms. The zero-order valence-corrected chi connectivity index (χ0v) is 23.8. The quantitative estimate of drug-likeness (QED) is 0.0716. The van der Waals surface area contributed by atoms with Gasteiger partial charge < -0.3 is 20.4 Å². The lowest BCUT2D eigenvalue weighted by atomic mass is 10.0. The summed E-state index contributed by atoms with van der Waals surface area (Å²) in [5, 5.41) is 33.8. The summed E-state index contributed by atoms with van der Waals surface area (Å²) in [5.74, 6) is -2.83. The highest BCUT2D eigenvalue weighted by Crippen LogP contribution is 2.14. The monoisotopic (exact) mass is 544 g/mol. The second-order valence-electron chi connectivity index (χ2n) is 10.4. The number of hydrogen-bond acceptors (Lipinski definition) is 4. The Morgan fingerprint density at radius 3 is 0.447 bits per heavy atom. The number of unbranched alkanes of at least 4 members (excludes halogenated alkanes) is 20. The van der Waals surface area contributed by atoms with Gasteiger partial charge in [-0.25, -0.2) is 0 Å². The molecule has 0 spiro atoms. The van der Waals surface area contributed by atoms with Crippen molar-refractivity contribution < 1.29 is 39.6 Å². The predicted octanol–water partition coefficient (Wildman–Crippen LogP) is 8.45. The van der Waals surface area contributed by atoms with Crippen molar-refractivity contribution >= 4 is 23.9 Å². The molecular formula is C30H56O8. The van der Waals surface area contributed by atoms with Crippen molar-refractivity contribution in [2.75, 3.05) is 0 Å². The molecule has 0 aliphatic carbocycles. The standard InChI is InChI=1S/C20H38O4.C10H18O4/c21-19(22)17-15-13-11-9-7-5-3-1-2-4-6-8-10-12-14-16-18-20(23)24;11-9(12)7-5-3-1-2-4-6-8-10(13)14/h1-18H2,(H,21,22)(H,23,24);1-8H2,(H,11,12)(H,13,14). The molecule has 4 N–H and O–H groups in total. The van der Waals surface area contributed by atoms with Gasteiger partial charge in [-0.2, -0.15) is 0 Å². The maximum absolute atomic E-state index is 10.4. The molecule has 38 heavy (non-hydrogen) atoms. The van der Waals surface area contributed by atoms with Gasteiger partial charge in [0.2, 0.25) is 0 Å². The molecule has 0 fully saturated rings. The van der Waals surface area contributed by atoms with Gasteiger partial charge in [0.15, 0.2) is 0 Å². The fraction of sp³-hybridized carbons (Fsp3) is 0.867. The van der Waals surface area contributed by atoms with Gasteiger partial charge in [-0.15, -0.1) is 0 Å². The fourth-order valence-electron chi connectivity index (χ4n) is 4.29. The summed E-state index contributed by atoms with van der Waals surface area (Å²) >= 11 is 0. The molecule has 0 aromatic carbocycles. The van der Waals surface area contributed by atoms with Crippen LogP contribution in [0.4, 0.5) is 0 Å². The summed E-state index contributed by atoms with van der Waals surface area (Å²) in [7, 11) is 0. The van der Waals surface area contributed by atoms with Crippen molar-refractivity contribution in [3.63, 3.8) is 0 Å². The average molecular weight is 545 g/mol. The first kappa shape index (κ1) is 38.0. The molecule has 0 amide bonds. The van der Waals surface area contributed by atoms with Crippen molar-refractivity contribution in [1.29, 1.82) is 0 Å². The van der Waals surface area contributed by atoms with Gasteiger partial charge in [0.25, 0.3) is 0 Å². The molecule has 0 atom stereocenters. The van der Waals surface area contributed by atoms with Crippen LogP contribution in [0.2, 0.25) is 0 Å². The van der Waals surface area contributed by atoms with E-state index in [1.165, 1.54) is 77.0 Å². The van der Waals surface area contributed by atoms with Crippen LogP contribution in [0.15, 0.2) is 0 Å². The number of carboxylic acids is 4. The minimum Gasteiger partial charge on any atom is -0.481 e. The van der Waals surface area contributed by atoms with E-state index in [4.69, 9.17) is 20.4 Å². The van der Waals surface area contributed by atoms with E-state index in [1.807, 2.05) is 0 Å². The van der Waals surface area contributed by atoms with E-state index in [9.17, 15) is 19.2 Å². The molecule has 0 aromatic rings. The highest BCUT2D eigenvalue weighted by Gasteiger charge is 1.99. The Morgan fingerprint density at radius 1 is 0.237 bits per heavy atom. The minimum atomic E-state index is -0.740.